The fourth-order valence-electron chi connectivity index (χ4n) is 2.95. The van der Waals surface area contributed by atoms with E-state index in [2.05, 4.69) is 0 Å². The Bertz CT molecular complexity index is 993. The molecule has 0 N–H and O–H groups in total. The first-order valence-corrected chi connectivity index (χ1v) is 9.04. The zero-order chi connectivity index (χ0) is 20.8. The van der Waals surface area contributed by atoms with Crippen molar-refractivity contribution in [2.45, 2.75) is 20.1 Å². The maximum atomic E-state index is 14.0. The van der Waals surface area contributed by atoms with Crippen molar-refractivity contribution in [3.05, 3.63) is 83.7 Å². The number of para-hydroxylation sites is 1. The highest BCUT2D eigenvalue weighted by molar-refractivity contribution is 5.93. The lowest BCUT2D eigenvalue weighted by Crippen LogP contribution is -2.28. The van der Waals surface area contributed by atoms with E-state index in [1.165, 1.54) is 37.1 Å². The number of amides is 1. The molecule has 0 aliphatic carbocycles. The van der Waals surface area contributed by atoms with Gasteiger partial charge in [0.1, 0.15) is 24.0 Å². The lowest BCUT2D eigenvalue weighted by Gasteiger charge is -2.25. The second-order valence-corrected chi connectivity index (χ2v) is 6.40. The second-order valence-electron chi connectivity index (χ2n) is 6.40. The lowest BCUT2D eigenvalue weighted by molar-refractivity contribution is -0.116. The van der Waals surface area contributed by atoms with E-state index in [0.29, 0.717) is 28.4 Å². The van der Waals surface area contributed by atoms with E-state index in [1.807, 2.05) is 18.2 Å². The number of nitrogens with zero attached hydrogens (tertiary/aromatic N) is 1. The van der Waals surface area contributed by atoms with Crippen molar-refractivity contribution in [2.24, 2.45) is 0 Å². The summed E-state index contributed by atoms with van der Waals surface area (Å²) in [5.41, 5.74) is 1.25. The molecule has 1 amide bonds. The molecule has 0 unspecified atom stereocenters. The van der Waals surface area contributed by atoms with E-state index in [9.17, 15) is 13.6 Å². The normalized spacial score (nSPS) is 10.5. The van der Waals surface area contributed by atoms with Crippen LogP contribution in [0.25, 0.3) is 0 Å². The Kier molecular flexibility index (Phi) is 6.44. The van der Waals surface area contributed by atoms with Gasteiger partial charge in [0.25, 0.3) is 0 Å². The number of benzene rings is 3. The molecule has 0 atom stereocenters. The van der Waals surface area contributed by atoms with Crippen molar-refractivity contribution in [1.29, 1.82) is 0 Å². The Morgan fingerprint density at radius 1 is 0.966 bits per heavy atom. The third-order valence-corrected chi connectivity index (χ3v) is 4.45. The smallest absolute Gasteiger partial charge is 0.224 e. The molecule has 3 aromatic carbocycles. The van der Waals surface area contributed by atoms with Crippen LogP contribution in [0.3, 0.4) is 0 Å². The number of carbonyl (C=O) groups excluding carboxylic acids is 1. The summed E-state index contributed by atoms with van der Waals surface area (Å²) in [7, 11) is 1.51. The van der Waals surface area contributed by atoms with Gasteiger partial charge in [0.15, 0.2) is 5.75 Å². The van der Waals surface area contributed by atoms with Gasteiger partial charge < -0.3 is 14.4 Å². The molecule has 0 radical (unpaired) electrons. The summed E-state index contributed by atoms with van der Waals surface area (Å²) in [6, 6.07) is 17.9. The molecule has 3 rings (SSSR count). The maximum Gasteiger partial charge on any atom is 0.224 e. The minimum atomic E-state index is -0.693. The van der Waals surface area contributed by atoms with Crippen LogP contribution in [0.1, 0.15) is 18.1 Å². The first kappa shape index (κ1) is 20.3. The van der Waals surface area contributed by atoms with E-state index in [0.717, 1.165) is 0 Å². The summed E-state index contributed by atoms with van der Waals surface area (Å²) in [6.45, 7) is 0.717. The van der Waals surface area contributed by atoms with E-state index in [1.54, 1.807) is 30.3 Å². The zero-order valence-electron chi connectivity index (χ0n) is 16.2. The Hall–Kier alpha value is -3.41. The predicted molar refractivity (Wildman–Crippen MR) is 108 cm³/mol. The average molecular weight is 396 g/mol. The van der Waals surface area contributed by atoms with Gasteiger partial charge in [-0.3, -0.25) is 4.79 Å². The minimum absolute atomic E-state index is 0.0421. The summed E-state index contributed by atoms with van der Waals surface area (Å²) in [4.78, 5) is 13.8. The fourth-order valence-corrected chi connectivity index (χ4v) is 2.95. The zero-order valence-corrected chi connectivity index (χ0v) is 16.2. The van der Waals surface area contributed by atoms with Crippen LogP contribution in [0, 0.1) is 5.82 Å². The number of hydrogen-bond donors (Lipinski definition) is 0. The molecule has 0 aromatic heterocycles. The first-order valence-electron chi connectivity index (χ1n) is 9.04. The Labute approximate surface area is 168 Å². The van der Waals surface area contributed by atoms with Crippen LogP contribution in [-0.4, -0.2) is 13.0 Å². The van der Waals surface area contributed by atoms with Crippen molar-refractivity contribution in [3.63, 3.8) is 0 Å². The number of halogens is 2. The van der Waals surface area contributed by atoms with Gasteiger partial charge in [-0.1, -0.05) is 24.3 Å². The average Bonchev–Trinajstić information content (AvgIpc) is 2.73. The number of carbonyl (C=O) groups is 1. The van der Waals surface area contributed by atoms with Crippen LogP contribution in [0.15, 0.2) is 66.7 Å². The standard InChI is InChI=1S/C23H21F2NO3/c1-16(27)26(15-18-12-21(28-2)10-8-17(18)14-24)22-13-19(25)9-11-23(22)29-20-6-4-3-5-7-20/h3-13H,14-15H2,1-2H3/i24-1. The number of methoxy groups -OCH3 is 1. The molecule has 0 saturated carbocycles. The molecule has 6 heteroatoms. The number of ether oxygens (including phenoxy) is 2. The van der Waals surface area contributed by atoms with Crippen molar-refractivity contribution < 1.29 is 23.0 Å². The van der Waals surface area contributed by atoms with Crippen LogP contribution in [0.2, 0.25) is 0 Å². The van der Waals surface area contributed by atoms with Crippen LogP contribution in [0.5, 0.6) is 17.2 Å². The second kappa shape index (κ2) is 9.19. The fraction of sp³-hybridized carbons (Fsp3) is 0.174. The van der Waals surface area contributed by atoms with Crippen LogP contribution >= 0.6 is 0 Å². The molecule has 0 spiro atoms. The molecule has 29 heavy (non-hydrogen) atoms. The Morgan fingerprint density at radius 3 is 2.38 bits per heavy atom. The summed E-state index contributed by atoms with van der Waals surface area (Å²) in [6.07, 6.45) is 0. The maximum absolute atomic E-state index is 14.0. The van der Waals surface area contributed by atoms with Gasteiger partial charge in [-0.2, -0.15) is 0 Å². The molecule has 0 fully saturated rings. The SMILES string of the molecule is COc1ccc(C[18F])c(CN(C(C)=O)c2cc(F)ccc2Oc2ccccc2)c1. The monoisotopic (exact) mass is 396 g/mol. The van der Waals surface area contributed by atoms with Gasteiger partial charge in [-0.05, 0) is 47.5 Å². The van der Waals surface area contributed by atoms with Crippen LogP contribution in [-0.2, 0) is 18.0 Å². The van der Waals surface area contributed by atoms with Gasteiger partial charge in [0.05, 0.1) is 19.3 Å². The molecule has 0 saturated heterocycles. The first-order chi connectivity index (χ1) is 14.0. The van der Waals surface area contributed by atoms with Gasteiger partial charge in [-0.15, -0.1) is 0 Å². The number of anilines is 1. The summed E-state index contributed by atoms with van der Waals surface area (Å²) in [5, 5.41) is 0. The number of rotatable bonds is 7. The van der Waals surface area contributed by atoms with E-state index < -0.39 is 12.5 Å². The molecule has 150 valence electrons. The van der Waals surface area contributed by atoms with Crippen molar-refractivity contribution in [3.8, 4) is 17.2 Å². The Balaban J connectivity index is 2.02. The van der Waals surface area contributed by atoms with Crippen molar-refractivity contribution in [1.82, 2.24) is 0 Å². The molecular weight excluding hydrogens is 375 g/mol. The molecule has 0 bridgehead atoms. The third-order valence-electron chi connectivity index (χ3n) is 4.45. The quantitative estimate of drug-likeness (QED) is 0.518. The van der Waals surface area contributed by atoms with E-state index >= 15 is 0 Å². The highest BCUT2D eigenvalue weighted by Crippen LogP contribution is 2.35. The van der Waals surface area contributed by atoms with E-state index in [-0.39, 0.29) is 18.1 Å². The van der Waals surface area contributed by atoms with Crippen LogP contribution < -0.4 is 14.4 Å². The number of alkyl halides is 1. The van der Waals surface area contributed by atoms with Crippen molar-refractivity contribution in [2.75, 3.05) is 12.0 Å². The molecular formula is C23H21F2NO3. The Morgan fingerprint density at radius 2 is 1.72 bits per heavy atom. The summed E-state index contributed by atoms with van der Waals surface area (Å²) < 4.78 is 38.6. The molecule has 4 nitrogen and oxygen atoms in total. The summed E-state index contributed by atoms with van der Waals surface area (Å²) in [5.74, 6) is 0.567. The summed E-state index contributed by atoms with van der Waals surface area (Å²) >= 11 is 0. The third kappa shape index (κ3) is 4.90. The van der Waals surface area contributed by atoms with Gasteiger partial charge in [0.2, 0.25) is 5.91 Å². The van der Waals surface area contributed by atoms with Gasteiger partial charge >= 0.3 is 0 Å². The largest absolute Gasteiger partial charge is 0.497 e. The number of hydrogen-bond acceptors (Lipinski definition) is 3. The molecule has 0 aliphatic heterocycles. The highest BCUT2D eigenvalue weighted by Gasteiger charge is 2.20. The highest BCUT2D eigenvalue weighted by atomic mass is 19.1. The van der Waals surface area contributed by atoms with Crippen molar-refractivity contribution >= 4 is 11.6 Å². The lowest BCUT2D eigenvalue weighted by atomic mass is 10.1. The predicted octanol–water partition coefficient (Wildman–Crippen LogP) is 5.65. The minimum Gasteiger partial charge on any atom is -0.497 e. The van der Waals surface area contributed by atoms with Crippen LogP contribution in [0.4, 0.5) is 14.5 Å². The molecule has 3 aromatic rings. The van der Waals surface area contributed by atoms with E-state index in [4.69, 9.17) is 9.47 Å². The molecule has 0 aliphatic rings. The van der Waals surface area contributed by atoms with Gasteiger partial charge in [-0.25, -0.2) is 8.78 Å². The molecule has 0 heterocycles. The van der Waals surface area contributed by atoms with Gasteiger partial charge in [0, 0.05) is 13.0 Å². The topological polar surface area (TPSA) is 38.8 Å².